The second kappa shape index (κ2) is 8.52. The van der Waals surface area contributed by atoms with Gasteiger partial charge in [0.15, 0.2) is 11.5 Å². The SMILES string of the molecule is C=CCNC(=O)c1cnc(NCc2ccc(OC)c(OC)c2)nc1. The quantitative estimate of drug-likeness (QED) is 0.721. The molecule has 2 rings (SSSR count). The Kier molecular flexibility index (Phi) is 6.13. The molecule has 0 fully saturated rings. The van der Waals surface area contributed by atoms with Crippen LogP contribution in [0.4, 0.5) is 5.95 Å². The summed E-state index contributed by atoms with van der Waals surface area (Å²) in [5.74, 6) is 1.53. The minimum atomic E-state index is -0.235. The Morgan fingerprint density at radius 3 is 2.54 bits per heavy atom. The van der Waals surface area contributed by atoms with Crippen LogP contribution in [-0.2, 0) is 6.54 Å². The minimum Gasteiger partial charge on any atom is -0.493 e. The number of carbonyl (C=O) groups is 1. The number of nitrogens with zero attached hydrogens (tertiary/aromatic N) is 2. The highest BCUT2D eigenvalue weighted by Gasteiger charge is 2.07. The third-order valence-corrected chi connectivity index (χ3v) is 3.22. The lowest BCUT2D eigenvalue weighted by Gasteiger charge is -2.10. The van der Waals surface area contributed by atoms with E-state index < -0.39 is 0 Å². The molecule has 1 aromatic heterocycles. The van der Waals surface area contributed by atoms with Crippen LogP contribution in [0.5, 0.6) is 11.5 Å². The van der Waals surface area contributed by atoms with Crippen molar-refractivity contribution in [2.24, 2.45) is 0 Å². The lowest BCUT2D eigenvalue weighted by molar-refractivity contribution is 0.0957. The van der Waals surface area contributed by atoms with Gasteiger partial charge in [-0.3, -0.25) is 4.79 Å². The predicted octanol–water partition coefficient (Wildman–Crippen LogP) is 2.02. The summed E-state index contributed by atoms with van der Waals surface area (Å²) in [7, 11) is 3.19. The van der Waals surface area contributed by atoms with Crippen molar-refractivity contribution >= 4 is 11.9 Å². The molecular weight excluding hydrogens is 308 g/mol. The van der Waals surface area contributed by atoms with Gasteiger partial charge >= 0.3 is 0 Å². The van der Waals surface area contributed by atoms with Gasteiger partial charge in [-0.1, -0.05) is 12.1 Å². The van der Waals surface area contributed by atoms with E-state index in [9.17, 15) is 4.79 Å². The van der Waals surface area contributed by atoms with Crippen LogP contribution in [-0.4, -0.2) is 36.6 Å². The lowest BCUT2D eigenvalue weighted by Crippen LogP contribution is -2.23. The number of ether oxygens (including phenoxy) is 2. The number of methoxy groups -OCH3 is 2. The van der Waals surface area contributed by atoms with Gasteiger partial charge < -0.3 is 20.1 Å². The summed E-state index contributed by atoms with van der Waals surface area (Å²) in [5, 5.41) is 5.76. The molecule has 0 aliphatic carbocycles. The second-order valence-corrected chi connectivity index (χ2v) is 4.84. The van der Waals surface area contributed by atoms with Crippen molar-refractivity contribution in [2.75, 3.05) is 26.1 Å². The summed E-state index contributed by atoms with van der Waals surface area (Å²) in [5.41, 5.74) is 1.39. The number of anilines is 1. The third-order valence-electron chi connectivity index (χ3n) is 3.22. The summed E-state index contributed by atoms with van der Waals surface area (Å²) >= 11 is 0. The Labute approximate surface area is 140 Å². The van der Waals surface area contributed by atoms with E-state index in [0.717, 1.165) is 5.56 Å². The molecule has 24 heavy (non-hydrogen) atoms. The molecule has 0 spiro atoms. The molecule has 126 valence electrons. The first-order valence-corrected chi connectivity index (χ1v) is 7.34. The number of hydrogen-bond donors (Lipinski definition) is 2. The van der Waals surface area contributed by atoms with Crippen LogP contribution in [0.15, 0.2) is 43.2 Å². The molecule has 0 unspecified atom stereocenters. The summed E-state index contributed by atoms with van der Waals surface area (Å²) in [6.45, 7) is 4.46. The summed E-state index contributed by atoms with van der Waals surface area (Å²) in [6, 6.07) is 5.64. The molecule has 0 bridgehead atoms. The molecule has 0 aliphatic heterocycles. The molecule has 1 aromatic carbocycles. The van der Waals surface area contributed by atoms with E-state index >= 15 is 0 Å². The van der Waals surface area contributed by atoms with Crippen molar-refractivity contribution in [3.8, 4) is 11.5 Å². The Hall–Kier alpha value is -3.09. The molecule has 0 aliphatic rings. The normalized spacial score (nSPS) is 9.92. The van der Waals surface area contributed by atoms with Crippen molar-refractivity contribution in [1.29, 1.82) is 0 Å². The highest BCUT2D eigenvalue weighted by atomic mass is 16.5. The maximum Gasteiger partial charge on any atom is 0.254 e. The summed E-state index contributed by atoms with van der Waals surface area (Å²) in [4.78, 5) is 20.0. The van der Waals surface area contributed by atoms with E-state index in [4.69, 9.17) is 9.47 Å². The van der Waals surface area contributed by atoms with Crippen LogP contribution in [0.25, 0.3) is 0 Å². The molecule has 1 amide bonds. The first kappa shape index (κ1) is 17.3. The Morgan fingerprint density at radius 2 is 1.92 bits per heavy atom. The zero-order valence-electron chi connectivity index (χ0n) is 13.7. The van der Waals surface area contributed by atoms with Crippen molar-refractivity contribution in [3.63, 3.8) is 0 Å². The fraction of sp³-hybridized carbons (Fsp3) is 0.235. The van der Waals surface area contributed by atoms with E-state index in [1.54, 1.807) is 20.3 Å². The number of benzene rings is 1. The third kappa shape index (κ3) is 4.45. The average Bonchev–Trinajstić information content (AvgIpc) is 2.64. The van der Waals surface area contributed by atoms with Gasteiger partial charge in [0.25, 0.3) is 5.91 Å². The number of rotatable bonds is 8. The van der Waals surface area contributed by atoms with E-state index in [2.05, 4.69) is 27.2 Å². The molecule has 7 heteroatoms. The van der Waals surface area contributed by atoms with E-state index in [1.165, 1.54) is 12.4 Å². The van der Waals surface area contributed by atoms with Crippen molar-refractivity contribution in [2.45, 2.75) is 6.54 Å². The fourth-order valence-electron chi connectivity index (χ4n) is 1.98. The first-order valence-electron chi connectivity index (χ1n) is 7.34. The number of amides is 1. The van der Waals surface area contributed by atoms with Gasteiger partial charge in [-0.25, -0.2) is 9.97 Å². The summed E-state index contributed by atoms with van der Waals surface area (Å²) in [6.07, 6.45) is 4.56. The van der Waals surface area contributed by atoms with E-state index in [-0.39, 0.29) is 5.91 Å². The van der Waals surface area contributed by atoms with Crippen LogP contribution in [0.3, 0.4) is 0 Å². The van der Waals surface area contributed by atoms with Crippen LogP contribution in [0, 0.1) is 0 Å². The van der Waals surface area contributed by atoms with Crippen LogP contribution >= 0.6 is 0 Å². The van der Waals surface area contributed by atoms with Crippen LogP contribution in [0.2, 0.25) is 0 Å². The Bertz CT molecular complexity index is 701. The zero-order chi connectivity index (χ0) is 17.4. The topological polar surface area (TPSA) is 85.4 Å². The maximum absolute atomic E-state index is 11.7. The van der Waals surface area contributed by atoms with Gasteiger partial charge in [-0.2, -0.15) is 0 Å². The number of nitrogens with one attached hydrogen (secondary N) is 2. The fourth-order valence-corrected chi connectivity index (χ4v) is 1.98. The predicted molar refractivity (Wildman–Crippen MR) is 91.4 cm³/mol. The molecule has 0 saturated carbocycles. The van der Waals surface area contributed by atoms with Gasteiger partial charge in [0, 0.05) is 25.5 Å². The van der Waals surface area contributed by atoms with Crippen molar-refractivity contribution in [3.05, 3.63) is 54.4 Å². The molecule has 0 saturated heterocycles. The van der Waals surface area contributed by atoms with E-state index in [0.29, 0.717) is 36.1 Å². The standard InChI is InChI=1S/C17H20N4O3/c1-4-7-18-16(22)13-10-20-17(21-11-13)19-9-12-5-6-14(23-2)15(8-12)24-3/h4-6,8,10-11H,1,7,9H2,2-3H3,(H,18,22)(H,19,20,21). The van der Waals surface area contributed by atoms with E-state index in [1.807, 2.05) is 18.2 Å². The molecule has 7 nitrogen and oxygen atoms in total. The van der Waals surface area contributed by atoms with Crippen molar-refractivity contribution < 1.29 is 14.3 Å². The molecule has 1 heterocycles. The molecule has 2 aromatic rings. The number of carbonyl (C=O) groups excluding carboxylic acids is 1. The molecule has 0 atom stereocenters. The van der Waals surface area contributed by atoms with Crippen LogP contribution < -0.4 is 20.1 Å². The average molecular weight is 328 g/mol. The molecular formula is C17H20N4O3. The second-order valence-electron chi connectivity index (χ2n) is 4.84. The Balaban J connectivity index is 1.97. The molecule has 0 radical (unpaired) electrons. The lowest BCUT2D eigenvalue weighted by atomic mass is 10.2. The summed E-state index contributed by atoms with van der Waals surface area (Å²) < 4.78 is 10.5. The number of hydrogen-bond acceptors (Lipinski definition) is 6. The monoisotopic (exact) mass is 328 g/mol. The number of aromatic nitrogens is 2. The van der Waals surface area contributed by atoms with Crippen LogP contribution in [0.1, 0.15) is 15.9 Å². The van der Waals surface area contributed by atoms with Gasteiger partial charge in [0.1, 0.15) is 0 Å². The smallest absolute Gasteiger partial charge is 0.254 e. The molecule has 2 N–H and O–H groups in total. The van der Waals surface area contributed by atoms with Gasteiger partial charge in [0.2, 0.25) is 5.95 Å². The zero-order valence-corrected chi connectivity index (χ0v) is 13.7. The highest BCUT2D eigenvalue weighted by molar-refractivity contribution is 5.93. The largest absolute Gasteiger partial charge is 0.493 e. The van der Waals surface area contributed by atoms with Gasteiger partial charge in [0.05, 0.1) is 19.8 Å². The van der Waals surface area contributed by atoms with Gasteiger partial charge in [-0.05, 0) is 17.7 Å². The maximum atomic E-state index is 11.7. The minimum absolute atomic E-state index is 0.235. The van der Waals surface area contributed by atoms with Crippen molar-refractivity contribution in [1.82, 2.24) is 15.3 Å². The Morgan fingerprint density at radius 1 is 1.21 bits per heavy atom. The highest BCUT2D eigenvalue weighted by Crippen LogP contribution is 2.27. The first-order chi connectivity index (χ1) is 11.7. The van der Waals surface area contributed by atoms with Gasteiger partial charge in [-0.15, -0.1) is 6.58 Å².